The van der Waals surface area contributed by atoms with Crippen LogP contribution in [0.25, 0.3) is 32.2 Å². The molecule has 6 aromatic heterocycles. The van der Waals surface area contributed by atoms with E-state index in [9.17, 15) is 36.3 Å². The highest BCUT2D eigenvalue weighted by atomic mass is 32.2. The molecule has 14 nitrogen and oxygen atoms in total. The molecular weight excluding hydrogens is 690 g/mol. The lowest BCUT2D eigenvalue weighted by Gasteiger charge is -2.08. The van der Waals surface area contributed by atoms with Crippen LogP contribution in [0.15, 0.2) is 48.8 Å². The Hall–Kier alpha value is -5.08. The molecule has 0 spiro atoms. The molecule has 0 saturated heterocycles. The van der Waals surface area contributed by atoms with Gasteiger partial charge in [-0.15, -0.1) is 22.7 Å². The number of carbonyl (C=O) groups is 2. The molecule has 0 fully saturated rings. The van der Waals surface area contributed by atoms with Gasteiger partial charge >= 0.3 is 27.6 Å². The third kappa shape index (κ3) is 6.46. The number of carboxylic acids is 1. The van der Waals surface area contributed by atoms with Crippen LogP contribution in [-0.4, -0.2) is 71.9 Å². The lowest BCUT2D eigenvalue weighted by molar-refractivity contribution is -0.0501. The van der Waals surface area contributed by atoms with Gasteiger partial charge in [-0.2, -0.15) is 36.8 Å². The van der Waals surface area contributed by atoms with Crippen molar-refractivity contribution in [1.82, 2.24) is 29.2 Å². The third-order valence-corrected chi connectivity index (χ3v) is 9.22. The van der Waals surface area contributed by atoms with Crippen LogP contribution in [0, 0.1) is 13.8 Å². The van der Waals surface area contributed by atoms with Crippen molar-refractivity contribution in [3.63, 3.8) is 0 Å². The number of hydrogen-bond acceptors (Lipinski definition) is 13. The van der Waals surface area contributed by atoms with Crippen molar-refractivity contribution in [1.29, 1.82) is 0 Å². The summed E-state index contributed by atoms with van der Waals surface area (Å²) in [5.41, 5.74) is -1.91. The Morgan fingerprint density at radius 1 is 0.894 bits per heavy atom. The molecule has 0 amide bonds. The quantitative estimate of drug-likeness (QED) is 0.123. The maximum Gasteiger partial charge on any atom is 0.534 e. The van der Waals surface area contributed by atoms with E-state index >= 15 is 0 Å². The van der Waals surface area contributed by atoms with Crippen molar-refractivity contribution in [2.45, 2.75) is 26.3 Å². The number of halogens is 3. The predicted molar refractivity (Wildman–Crippen MR) is 162 cm³/mol. The number of aromatic nitrogens is 6. The fourth-order valence-corrected chi connectivity index (χ4v) is 6.64. The lowest BCUT2D eigenvalue weighted by atomic mass is 10.2. The molecule has 0 atom stereocenters. The number of carbonyl (C=O) groups excluding carboxylic acids is 1. The van der Waals surface area contributed by atoms with E-state index in [1.807, 2.05) is 25.1 Å². The summed E-state index contributed by atoms with van der Waals surface area (Å²) in [6, 6.07) is 10.7. The molecule has 246 valence electrons. The summed E-state index contributed by atoms with van der Waals surface area (Å²) < 4.78 is 72.9. The molecule has 20 heteroatoms. The monoisotopic (exact) mass is 710 g/mol. The Morgan fingerprint density at radius 3 is 1.87 bits per heavy atom. The number of pyridine rings is 2. The second-order valence-electron chi connectivity index (χ2n) is 9.32. The number of alkyl halides is 3. The SMILES string of the molecule is CCOC(=O)c1sc(-c2c(C)nn3ccccc23)nc1OS(=O)(=O)C(F)(F)F.Cc1nn2ccccc2c1-c1nc(O)c(C(=O)O)s1. The Labute approximate surface area is 270 Å². The molecule has 0 radical (unpaired) electrons. The van der Waals surface area contributed by atoms with Crippen LogP contribution in [0.5, 0.6) is 11.8 Å². The zero-order valence-corrected chi connectivity index (χ0v) is 26.7. The lowest BCUT2D eigenvalue weighted by Crippen LogP contribution is -2.28. The average Bonchev–Trinajstić information content (AvgIpc) is 3.74. The van der Waals surface area contributed by atoms with Crippen LogP contribution in [0.2, 0.25) is 0 Å². The van der Waals surface area contributed by atoms with E-state index in [0.717, 1.165) is 28.1 Å². The molecule has 0 saturated carbocycles. The van der Waals surface area contributed by atoms with Gasteiger partial charge in [0.2, 0.25) is 5.88 Å². The number of carboxylic acid groups (broad SMARTS) is 1. The minimum absolute atomic E-state index is 0.0640. The number of ether oxygens (including phenoxy) is 1. The van der Waals surface area contributed by atoms with Gasteiger partial charge in [0.1, 0.15) is 10.0 Å². The van der Waals surface area contributed by atoms with E-state index in [1.54, 1.807) is 42.0 Å². The minimum atomic E-state index is -6.01. The first-order chi connectivity index (χ1) is 22.1. The fourth-order valence-electron chi connectivity index (χ4n) is 4.27. The third-order valence-electron chi connectivity index (χ3n) is 6.19. The zero-order chi connectivity index (χ0) is 34.3. The Bertz CT molecular complexity index is 2260. The number of fused-ring (bicyclic) bond motifs is 2. The Balaban J connectivity index is 0.000000198. The number of nitrogens with zero attached hydrogens (tertiary/aromatic N) is 6. The van der Waals surface area contributed by atoms with Gasteiger partial charge in [-0.05, 0) is 45.0 Å². The molecule has 2 N–H and O–H groups in total. The molecule has 0 aliphatic carbocycles. The van der Waals surface area contributed by atoms with Crippen molar-refractivity contribution in [2.75, 3.05) is 6.61 Å². The normalized spacial score (nSPS) is 11.8. The topological polar surface area (TPSA) is 188 Å². The molecular formula is C27H21F3N6O8S3. The minimum Gasteiger partial charge on any atom is -0.492 e. The molecule has 6 heterocycles. The first-order valence-corrected chi connectivity index (χ1v) is 16.2. The fraction of sp³-hybridized carbons (Fsp3) is 0.185. The Kier molecular flexibility index (Phi) is 8.93. The number of aromatic hydroxyl groups is 1. The summed E-state index contributed by atoms with van der Waals surface area (Å²) in [7, 11) is -6.01. The van der Waals surface area contributed by atoms with Gasteiger partial charge < -0.3 is 19.1 Å². The highest BCUT2D eigenvalue weighted by molar-refractivity contribution is 7.88. The van der Waals surface area contributed by atoms with Crippen LogP contribution in [0.3, 0.4) is 0 Å². The van der Waals surface area contributed by atoms with Gasteiger partial charge in [-0.3, -0.25) is 0 Å². The average molecular weight is 711 g/mol. The standard InChI is InChI=1S/C15H12F3N3O5S2.C12H9N3O3S/c1-3-25-14(22)11-12(26-28(23,24)15(16,17)18)19-13(27-11)10-8(2)20-21-7-5-4-6-9(10)21;1-6-8(7-4-2-3-5-15(7)14-6)11-13-10(16)9(19-11)12(17)18/h4-7H,3H2,1-2H3;2-5,16H,1H3,(H,17,18). The summed E-state index contributed by atoms with van der Waals surface area (Å²) >= 11 is 1.59. The van der Waals surface area contributed by atoms with Crippen molar-refractivity contribution >= 4 is 55.8 Å². The highest BCUT2D eigenvalue weighted by Gasteiger charge is 2.49. The van der Waals surface area contributed by atoms with E-state index in [4.69, 9.17) is 9.84 Å². The van der Waals surface area contributed by atoms with Gasteiger partial charge in [0.05, 0.1) is 40.2 Å². The molecule has 47 heavy (non-hydrogen) atoms. The molecule has 0 aliphatic rings. The van der Waals surface area contributed by atoms with Crippen LogP contribution in [-0.2, 0) is 14.9 Å². The summed E-state index contributed by atoms with van der Waals surface area (Å²) in [4.78, 5) is 30.1. The number of thiazole rings is 2. The molecule has 6 aromatic rings. The number of rotatable bonds is 7. The van der Waals surface area contributed by atoms with Crippen LogP contribution >= 0.6 is 22.7 Å². The zero-order valence-electron chi connectivity index (χ0n) is 24.2. The van der Waals surface area contributed by atoms with Gasteiger partial charge in [-0.25, -0.2) is 23.6 Å². The van der Waals surface area contributed by atoms with Gasteiger partial charge in [0.15, 0.2) is 9.75 Å². The first kappa shape index (κ1) is 33.3. The van der Waals surface area contributed by atoms with Gasteiger partial charge in [-0.1, -0.05) is 12.1 Å². The summed E-state index contributed by atoms with van der Waals surface area (Å²) in [5, 5.41) is 27.6. The van der Waals surface area contributed by atoms with E-state index in [1.165, 1.54) is 11.4 Å². The van der Waals surface area contributed by atoms with Gasteiger partial charge in [0.25, 0.3) is 5.88 Å². The molecule has 0 bridgehead atoms. The van der Waals surface area contributed by atoms with Crippen LogP contribution in [0.4, 0.5) is 13.2 Å². The number of aromatic carboxylic acids is 1. The summed E-state index contributed by atoms with van der Waals surface area (Å²) in [6.07, 6.45) is 3.45. The van der Waals surface area contributed by atoms with E-state index in [0.29, 0.717) is 33.1 Å². The number of hydrogen-bond donors (Lipinski definition) is 2. The van der Waals surface area contributed by atoms with E-state index in [2.05, 4.69) is 24.3 Å². The molecule has 0 aliphatic heterocycles. The van der Waals surface area contributed by atoms with E-state index in [-0.39, 0.29) is 16.5 Å². The number of aryl methyl sites for hydroxylation is 2. The summed E-state index contributed by atoms with van der Waals surface area (Å²) in [5.74, 6) is -3.68. The maximum absolute atomic E-state index is 12.7. The van der Waals surface area contributed by atoms with Crippen molar-refractivity contribution < 1.29 is 50.3 Å². The predicted octanol–water partition coefficient (Wildman–Crippen LogP) is 5.34. The van der Waals surface area contributed by atoms with Crippen molar-refractivity contribution in [3.8, 4) is 32.9 Å². The number of esters is 1. The van der Waals surface area contributed by atoms with Crippen molar-refractivity contribution in [2.24, 2.45) is 0 Å². The second-order valence-corrected chi connectivity index (χ2v) is 12.9. The highest BCUT2D eigenvalue weighted by Crippen LogP contribution is 2.39. The Morgan fingerprint density at radius 2 is 1.40 bits per heavy atom. The maximum atomic E-state index is 12.7. The largest absolute Gasteiger partial charge is 0.534 e. The van der Waals surface area contributed by atoms with E-state index < -0.39 is 44.2 Å². The molecule has 0 unspecified atom stereocenters. The van der Waals surface area contributed by atoms with Gasteiger partial charge in [0, 0.05) is 12.4 Å². The smallest absolute Gasteiger partial charge is 0.492 e. The van der Waals surface area contributed by atoms with Crippen LogP contribution < -0.4 is 4.18 Å². The van der Waals surface area contributed by atoms with Crippen molar-refractivity contribution in [3.05, 3.63) is 69.9 Å². The first-order valence-electron chi connectivity index (χ1n) is 13.1. The van der Waals surface area contributed by atoms with Crippen LogP contribution in [0.1, 0.15) is 37.7 Å². The molecule has 0 aromatic carbocycles. The molecule has 6 rings (SSSR count). The second kappa shape index (κ2) is 12.6. The summed E-state index contributed by atoms with van der Waals surface area (Å²) in [6.45, 7) is 4.87.